The van der Waals surface area contributed by atoms with E-state index in [0.29, 0.717) is 0 Å². The lowest BCUT2D eigenvalue weighted by Gasteiger charge is -2.18. The molecule has 1 heteroatoms. The third kappa shape index (κ3) is 3.43. The minimum Gasteiger partial charge on any atom is -0.207 e. The van der Waals surface area contributed by atoms with Crippen LogP contribution in [0.4, 0.5) is 4.39 Å². The van der Waals surface area contributed by atoms with Crippen LogP contribution in [0.5, 0.6) is 0 Å². The molecule has 0 amide bonds. The van der Waals surface area contributed by atoms with E-state index in [-0.39, 0.29) is 11.2 Å². The summed E-state index contributed by atoms with van der Waals surface area (Å²) in [6.45, 7) is 6.67. The van der Waals surface area contributed by atoms with Gasteiger partial charge < -0.3 is 0 Å². The van der Waals surface area contributed by atoms with Gasteiger partial charge in [0.05, 0.1) is 0 Å². The second-order valence-electron chi connectivity index (χ2n) is 5.95. The van der Waals surface area contributed by atoms with E-state index in [0.717, 1.165) is 17.5 Å². The Morgan fingerprint density at radius 3 is 2.11 bits per heavy atom. The van der Waals surface area contributed by atoms with E-state index in [4.69, 9.17) is 0 Å². The van der Waals surface area contributed by atoms with Crippen molar-refractivity contribution >= 4 is 0 Å². The average molecular weight is 242 g/mol. The molecular formula is C17H19F. The first-order valence-corrected chi connectivity index (χ1v) is 6.29. The molecule has 0 N–H and O–H groups in total. The van der Waals surface area contributed by atoms with Gasteiger partial charge in [0, 0.05) is 0 Å². The smallest absolute Gasteiger partial charge is 0.123 e. The van der Waals surface area contributed by atoms with E-state index in [1.54, 1.807) is 12.1 Å². The summed E-state index contributed by atoms with van der Waals surface area (Å²) in [6.07, 6.45) is 1.02. The Labute approximate surface area is 108 Å². The Kier molecular flexibility index (Phi) is 3.51. The van der Waals surface area contributed by atoms with Gasteiger partial charge in [-0.15, -0.1) is 0 Å². The van der Waals surface area contributed by atoms with Crippen molar-refractivity contribution < 1.29 is 4.39 Å². The Hall–Kier alpha value is -1.63. The fourth-order valence-corrected chi connectivity index (χ4v) is 2.14. The third-order valence-corrected chi connectivity index (χ3v) is 2.82. The molecule has 18 heavy (non-hydrogen) atoms. The SMILES string of the molecule is CC(C)(C)Cc1cccc(-c2cccc(F)c2)c1. The molecule has 0 saturated heterocycles. The maximum atomic E-state index is 13.2. The number of benzene rings is 2. The highest BCUT2D eigenvalue weighted by molar-refractivity contribution is 5.64. The summed E-state index contributed by atoms with van der Waals surface area (Å²) >= 11 is 0. The van der Waals surface area contributed by atoms with E-state index in [9.17, 15) is 4.39 Å². The number of hydrogen-bond acceptors (Lipinski definition) is 0. The molecule has 0 unspecified atom stereocenters. The van der Waals surface area contributed by atoms with Crippen LogP contribution in [0.2, 0.25) is 0 Å². The molecule has 94 valence electrons. The van der Waals surface area contributed by atoms with E-state index in [2.05, 4.69) is 32.9 Å². The second-order valence-corrected chi connectivity index (χ2v) is 5.95. The Bertz CT molecular complexity index is 535. The zero-order valence-corrected chi connectivity index (χ0v) is 11.2. The van der Waals surface area contributed by atoms with Gasteiger partial charge in [0.1, 0.15) is 5.82 Å². The molecule has 0 aliphatic carbocycles. The summed E-state index contributed by atoms with van der Waals surface area (Å²) in [5, 5.41) is 0. The summed E-state index contributed by atoms with van der Waals surface area (Å²) in [4.78, 5) is 0. The zero-order chi connectivity index (χ0) is 13.2. The Morgan fingerprint density at radius 2 is 1.50 bits per heavy atom. The predicted octanol–water partition coefficient (Wildman–Crippen LogP) is 5.08. The molecule has 0 fully saturated rings. The maximum absolute atomic E-state index is 13.2. The van der Waals surface area contributed by atoms with E-state index >= 15 is 0 Å². The van der Waals surface area contributed by atoms with Crippen molar-refractivity contribution in [2.75, 3.05) is 0 Å². The molecule has 0 spiro atoms. The van der Waals surface area contributed by atoms with Gasteiger partial charge in [0.2, 0.25) is 0 Å². The normalized spacial score (nSPS) is 11.6. The Morgan fingerprint density at radius 1 is 0.889 bits per heavy atom. The number of rotatable bonds is 2. The minimum atomic E-state index is -0.186. The van der Waals surface area contributed by atoms with E-state index in [1.807, 2.05) is 18.2 Å². The van der Waals surface area contributed by atoms with Crippen LogP contribution in [0.1, 0.15) is 26.3 Å². The van der Waals surface area contributed by atoms with Crippen molar-refractivity contribution in [1.82, 2.24) is 0 Å². The van der Waals surface area contributed by atoms with Crippen LogP contribution in [0, 0.1) is 11.2 Å². The molecule has 0 aliphatic rings. The van der Waals surface area contributed by atoms with Crippen LogP contribution in [0.15, 0.2) is 48.5 Å². The summed E-state index contributed by atoms with van der Waals surface area (Å²) in [5.41, 5.74) is 3.58. The first kappa shape index (κ1) is 12.8. The zero-order valence-electron chi connectivity index (χ0n) is 11.2. The van der Waals surface area contributed by atoms with E-state index < -0.39 is 0 Å². The van der Waals surface area contributed by atoms with Crippen LogP contribution in [0.3, 0.4) is 0 Å². The van der Waals surface area contributed by atoms with Crippen LogP contribution >= 0.6 is 0 Å². The molecule has 2 aromatic rings. The number of hydrogen-bond donors (Lipinski definition) is 0. The van der Waals surface area contributed by atoms with Crippen molar-refractivity contribution in [3.63, 3.8) is 0 Å². The largest absolute Gasteiger partial charge is 0.207 e. The minimum absolute atomic E-state index is 0.186. The molecule has 0 saturated carbocycles. The molecular weight excluding hydrogens is 223 g/mol. The highest BCUT2D eigenvalue weighted by atomic mass is 19.1. The first-order chi connectivity index (χ1) is 8.44. The summed E-state index contributed by atoms with van der Waals surface area (Å²) in [7, 11) is 0. The Balaban J connectivity index is 2.33. The fourth-order valence-electron chi connectivity index (χ4n) is 2.14. The molecule has 0 nitrogen and oxygen atoms in total. The molecule has 0 radical (unpaired) electrons. The lowest BCUT2D eigenvalue weighted by atomic mass is 9.87. The molecule has 0 bridgehead atoms. The van der Waals surface area contributed by atoms with Crippen LogP contribution in [-0.2, 0) is 6.42 Å². The topological polar surface area (TPSA) is 0 Å². The molecule has 2 rings (SSSR count). The van der Waals surface area contributed by atoms with Gasteiger partial charge in [0.15, 0.2) is 0 Å². The average Bonchev–Trinajstić information content (AvgIpc) is 2.27. The van der Waals surface area contributed by atoms with E-state index in [1.165, 1.54) is 11.6 Å². The summed E-state index contributed by atoms with van der Waals surface area (Å²) in [6, 6.07) is 15.1. The predicted molar refractivity (Wildman–Crippen MR) is 75.0 cm³/mol. The standard InChI is InChI=1S/C17H19F/c1-17(2,3)12-13-6-4-7-14(10-13)15-8-5-9-16(18)11-15/h4-11H,12H2,1-3H3. The highest BCUT2D eigenvalue weighted by Crippen LogP contribution is 2.25. The molecule has 0 aliphatic heterocycles. The van der Waals surface area contributed by atoms with Gasteiger partial charge in [-0.2, -0.15) is 0 Å². The lowest BCUT2D eigenvalue weighted by Crippen LogP contribution is -2.08. The van der Waals surface area contributed by atoms with Gasteiger partial charge in [-0.3, -0.25) is 0 Å². The van der Waals surface area contributed by atoms with Crippen molar-refractivity contribution in [3.05, 3.63) is 59.9 Å². The van der Waals surface area contributed by atoms with Gasteiger partial charge >= 0.3 is 0 Å². The van der Waals surface area contributed by atoms with Crippen LogP contribution in [0.25, 0.3) is 11.1 Å². The van der Waals surface area contributed by atoms with Gasteiger partial charge in [-0.25, -0.2) is 4.39 Å². The maximum Gasteiger partial charge on any atom is 0.123 e. The van der Waals surface area contributed by atoms with Gasteiger partial charge in [-0.05, 0) is 40.7 Å². The fraction of sp³-hybridized carbons (Fsp3) is 0.294. The summed E-state index contributed by atoms with van der Waals surface area (Å²) in [5.74, 6) is -0.186. The van der Waals surface area contributed by atoms with Gasteiger partial charge in [-0.1, -0.05) is 57.2 Å². The summed E-state index contributed by atoms with van der Waals surface area (Å²) < 4.78 is 13.2. The van der Waals surface area contributed by atoms with Crippen molar-refractivity contribution in [1.29, 1.82) is 0 Å². The molecule has 0 aromatic heterocycles. The van der Waals surface area contributed by atoms with Crippen molar-refractivity contribution in [3.8, 4) is 11.1 Å². The highest BCUT2D eigenvalue weighted by Gasteiger charge is 2.11. The quantitative estimate of drug-likeness (QED) is 0.688. The third-order valence-electron chi connectivity index (χ3n) is 2.82. The second kappa shape index (κ2) is 4.93. The number of halogens is 1. The van der Waals surface area contributed by atoms with Gasteiger partial charge in [0.25, 0.3) is 0 Å². The first-order valence-electron chi connectivity index (χ1n) is 6.29. The molecule has 2 aromatic carbocycles. The molecule has 0 heterocycles. The van der Waals surface area contributed by atoms with Crippen molar-refractivity contribution in [2.45, 2.75) is 27.2 Å². The van der Waals surface area contributed by atoms with Crippen LogP contribution in [-0.4, -0.2) is 0 Å². The van der Waals surface area contributed by atoms with Crippen molar-refractivity contribution in [2.24, 2.45) is 5.41 Å². The monoisotopic (exact) mass is 242 g/mol. The lowest BCUT2D eigenvalue weighted by molar-refractivity contribution is 0.411. The molecule has 0 atom stereocenters. The van der Waals surface area contributed by atoms with Crippen LogP contribution < -0.4 is 0 Å².